The average molecular weight is 423 g/mol. The van der Waals surface area contributed by atoms with Gasteiger partial charge in [0.25, 0.3) is 0 Å². The highest BCUT2D eigenvalue weighted by Gasteiger charge is 1.98. The predicted octanol–water partition coefficient (Wildman–Crippen LogP) is 9.74. The molecule has 2 aromatic rings. The normalized spacial score (nSPS) is 11.3. The minimum Gasteiger partial charge on any atom is -0.494 e. The Morgan fingerprint density at radius 1 is 0.548 bits per heavy atom. The minimum absolute atomic E-state index is 0.793. The van der Waals surface area contributed by atoms with Crippen molar-refractivity contribution in [1.29, 1.82) is 0 Å². The molecule has 3 heteroatoms. The zero-order valence-electron chi connectivity index (χ0n) is 19.8. The number of benzene rings is 2. The lowest BCUT2D eigenvalue weighted by atomic mass is 10.1. The van der Waals surface area contributed by atoms with Crippen molar-refractivity contribution in [3.8, 4) is 5.75 Å². The van der Waals surface area contributed by atoms with Gasteiger partial charge in [0.1, 0.15) is 5.75 Å². The van der Waals surface area contributed by atoms with Gasteiger partial charge in [-0.15, -0.1) is 0 Å². The smallest absolute Gasteiger partial charge is 0.119 e. The SMILES string of the molecule is CCCCCCCCCCCCOc1ccc(/N=N/c2ccc(CCCC)cc2)cc1. The van der Waals surface area contributed by atoms with Gasteiger partial charge in [-0.3, -0.25) is 0 Å². The second-order valence-corrected chi connectivity index (χ2v) is 8.49. The van der Waals surface area contributed by atoms with Gasteiger partial charge in [-0.05, 0) is 61.2 Å². The van der Waals surface area contributed by atoms with E-state index in [9.17, 15) is 0 Å². The lowest BCUT2D eigenvalue weighted by Gasteiger charge is -2.06. The molecular formula is C28H42N2O. The van der Waals surface area contributed by atoms with Gasteiger partial charge in [-0.2, -0.15) is 10.2 Å². The number of aryl methyl sites for hydroxylation is 1. The molecule has 2 rings (SSSR count). The minimum atomic E-state index is 0.793. The van der Waals surface area contributed by atoms with Crippen molar-refractivity contribution >= 4 is 11.4 Å². The molecule has 0 saturated heterocycles. The molecule has 2 aromatic carbocycles. The number of hydrogen-bond donors (Lipinski definition) is 0. The molecule has 3 nitrogen and oxygen atoms in total. The summed E-state index contributed by atoms with van der Waals surface area (Å²) < 4.78 is 5.87. The van der Waals surface area contributed by atoms with Crippen LogP contribution in [0.3, 0.4) is 0 Å². The standard InChI is InChI=1S/C28H42N2O/c1-3-5-7-8-9-10-11-12-13-14-24-31-28-22-20-27(21-23-28)30-29-26-18-16-25(17-19-26)15-6-4-2/h16-23H,3-15,24H2,1-2H3/b30-29+. The van der Waals surface area contributed by atoms with E-state index in [0.29, 0.717) is 0 Å². The van der Waals surface area contributed by atoms with Crippen molar-refractivity contribution in [1.82, 2.24) is 0 Å². The summed E-state index contributed by atoms with van der Waals surface area (Å²) in [4.78, 5) is 0. The van der Waals surface area contributed by atoms with Crippen molar-refractivity contribution in [2.24, 2.45) is 10.2 Å². The van der Waals surface area contributed by atoms with E-state index < -0.39 is 0 Å². The highest BCUT2D eigenvalue weighted by molar-refractivity contribution is 5.43. The van der Waals surface area contributed by atoms with Gasteiger partial charge in [0.05, 0.1) is 18.0 Å². The van der Waals surface area contributed by atoms with Crippen LogP contribution >= 0.6 is 0 Å². The number of hydrogen-bond acceptors (Lipinski definition) is 3. The molecule has 0 heterocycles. The highest BCUT2D eigenvalue weighted by Crippen LogP contribution is 2.22. The van der Waals surface area contributed by atoms with Crippen LogP contribution in [0.4, 0.5) is 11.4 Å². The first-order valence-electron chi connectivity index (χ1n) is 12.6. The Hall–Kier alpha value is -2.16. The van der Waals surface area contributed by atoms with E-state index in [0.717, 1.165) is 36.6 Å². The molecule has 31 heavy (non-hydrogen) atoms. The number of rotatable bonds is 17. The average Bonchev–Trinajstić information content (AvgIpc) is 2.81. The van der Waals surface area contributed by atoms with Gasteiger partial charge in [0.15, 0.2) is 0 Å². The molecule has 0 fully saturated rings. The Labute approximate surface area is 190 Å². The van der Waals surface area contributed by atoms with Crippen LogP contribution in [0.5, 0.6) is 5.75 Å². The molecule has 0 bridgehead atoms. The molecule has 170 valence electrons. The van der Waals surface area contributed by atoms with Crippen molar-refractivity contribution in [3.05, 3.63) is 54.1 Å². The van der Waals surface area contributed by atoms with Crippen LogP contribution in [-0.4, -0.2) is 6.61 Å². The Morgan fingerprint density at radius 3 is 1.58 bits per heavy atom. The first kappa shape index (κ1) is 25.1. The number of unbranched alkanes of at least 4 members (excludes halogenated alkanes) is 10. The summed E-state index contributed by atoms with van der Waals surface area (Å²) in [6.45, 7) is 5.29. The van der Waals surface area contributed by atoms with E-state index in [-0.39, 0.29) is 0 Å². The van der Waals surface area contributed by atoms with Crippen molar-refractivity contribution in [3.63, 3.8) is 0 Å². The molecule has 0 amide bonds. The zero-order valence-corrected chi connectivity index (χ0v) is 19.8. The molecular weight excluding hydrogens is 380 g/mol. The maximum absolute atomic E-state index is 5.87. The summed E-state index contributed by atoms with van der Waals surface area (Å²) in [6, 6.07) is 16.3. The van der Waals surface area contributed by atoms with Crippen molar-refractivity contribution in [2.75, 3.05) is 6.61 Å². The highest BCUT2D eigenvalue weighted by atomic mass is 16.5. The van der Waals surface area contributed by atoms with E-state index in [2.05, 4.69) is 36.2 Å². The van der Waals surface area contributed by atoms with Crippen LogP contribution < -0.4 is 4.74 Å². The second kappa shape index (κ2) is 16.5. The first-order chi connectivity index (χ1) is 15.3. The maximum atomic E-state index is 5.87. The molecule has 0 spiro atoms. The molecule has 0 aliphatic carbocycles. The lowest BCUT2D eigenvalue weighted by molar-refractivity contribution is 0.304. The lowest BCUT2D eigenvalue weighted by Crippen LogP contribution is -1.96. The monoisotopic (exact) mass is 422 g/mol. The van der Waals surface area contributed by atoms with Crippen LogP contribution in [0.1, 0.15) is 96.5 Å². The predicted molar refractivity (Wildman–Crippen MR) is 133 cm³/mol. The Bertz CT molecular complexity index is 707. The molecule has 0 unspecified atom stereocenters. The van der Waals surface area contributed by atoms with E-state index in [1.807, 2.05) is 36.4 Å². The molecule has 0 saturated carbocycles. The first-order valence-corrected chi connectivity index (χ1v) is 12.6. The van der Waals surface area contributed by atoms with E-state index in [1.165, 1.54) is 76.2 Å². The third-order valence-corrected chi connectivity index (χ3v) is 5.64. The summed E-state index contributed by atoms with van der Waals surface area (Å²) in [5, 5.41) is 8.68. The van der Waals surface area contributed by atoms with Gasteiger partial charge in [-0.25, -0.2) is 0 Å². The van der Waals surface area contributed by atoms with Gasteiger partial charge < -0.3 is 4.74 Å². The van der Waals surface area contributed by atoms with Crippen molar-refractivity contribution < 1.29 is 4.74 Å². The molecule has 0 aliphatic rings. The van der Waals surface area contributed by atoms with E-state index in [1.54, 1.807) is 0 Å². The summed E-state index contributed by atoms with van der Waals surface area (Å²) in [5.74, 6) is 0.912. The largest absolute Gasteiger partial charge is 0.494 e. The summed E-state index contributed by atoms with van der Waals surface area (Å²) >= 11 is 0. The van der Waals surface area contributed by atoms with Gasteiger partial charge in [0.2, 0.25) is 0 Å². The Kier molecular flexibility index (Phi) is 13.4. The van der Waals surface area contributed by atoms with Crippen LogP contribution in [0.15, 0.2) is 58.8 Å². The van der Waals surface area contributed by atoms with Gasteiger partial charge in [0, 0.05) is 0 Å². The molecule has 0 radical (unpaired) electrons. The van der Waals surface area contributed by atoms with Crippen LogP contribution in [0.25, 0.3) is 0 Å². The fourth-order valence-electron chi connectivity index (χ4n) is 3.61. The second-order valence-electron chi connectivity index (χ2n) is 8.49. The van der Waals surface area contributed by atoms with Crippen LogP contribution in [-0.2, 0) is 6.42 Å². The third kappa shape index (κ3) is 11.7. The Morgan fingerprint density at radius 2 is 1.03 bits per heavy atom. The summed E-state index contributed by atoms with van der Waals surface area (Å²) in [6.07, 6.45) is 17.0. The fourth-order valence-corrected chi connectivity index (χ4v) is 3.61. The third-order valence-electron chi connectivity index (χ3n) is 5.64. The number of nitrogens with zero attached hydrogens (tertiary/aromatic N) is 2. The van der Waals surface area contributed by atoms with E-state index in [4.69, 9.17) is 4.74 Å². The molecule has 0 atom stereocenters. The van der Waals surface area contributed by atoms with Crippen LogP contribution in [0.2, 0.25) is 0 Å². The van der Waals surface area contributed by atoms with Gasteiger partial charge >= 0.3 is 0 Å². The maximum Gasteiger partial charge on any atom is 0.119 e. The fraction of sp³-hybridized carbons (Fsp3) is 0.571. The van der Waals surface area contributed by atoms with Crippen molar-refractivity contribution in [2.45, 2.75) is 97.3 Å². The topological polar surface area (TPSA) is 34.0 Å². The number of azo groups is 1. The van der Waals surface area contributed by atoms with Gasteiger partial charge in [-0.1, -0.05) is 90.2 Å². The summed E-state index contributed by atoms with van der Waals surface area (Å²) in [5.41, 5.74) is 3.10. The quantitative estimate of drug-likeness (QED) is 0.184. The number of ether oxygens (including phenoxy) is 1. The zero-order chi connectivity index (χ0) is 22.0. The molecule has 0 aliphatic heterocycles. The Balaban J connectivity index is 1.57. The van der Waals surface area contributed by atoms with Crippen LogP contribution in [0, 0.1) is 0 Å². The summed E-state index contributed by atoms with van der Waals surface area (Å²) in [7, 11) is 0. The van der Waals surface area contributed by atoms with E-state index >= 15 is 0 Å². The molecule has 0 N–H and O–H groups in total. The molecule has 0 aromatic heterocycles.